The predicted molar refractivity (Wildman–Crippen MR) is 73.6 cm³/mol. The van der Waals surface area contributed by atoms with Crippen LogP contribution in [-0.2, 0) is 4.79 Å². The second-order valence-electron chi connectivity index (χ2n) is 5.25. The van der Waals surface area contributed by atoms with Gasteiger partial charge in [-0.05, 0) is 43.7 Å². The van der Waals surface area contributed by atoms with Gasteiger partial charge in [-0.15, -0.1) is 11.3 Å². The fourth-order valence-corrected chi connectivity index (χ4v) is 3.98. The Morgan fingerprint density at radius 3 is 3.06 bits per heavy atom. The van der Waals surface area contributed by atoms with Crippen LogP contribution in [0.25, 0.3) is 0 Å². The fourth-order valence-electron chi connectivity index (χ4n) is 3.10. The molecule has 2 aliphatic rings. The molecule has 0 saturated carbocycles. The van der Waals surface area contributed by atoms with Crippen LogP contribution in [0, 0.1) is 5.92 Å². The smallest absolute Gasteiger partial charge is 0.227 e. The number of nitrogens with zero attached hydrogens (tertiary/aromatic N) is 1. The van der Waals surface area contributed by atoms with Crippen molar-refractivity contribution in [1.82, 2.24) is 10.2 Å². The lowest BCUT2D eigenvalue weighted by molar-refractivity contribution is -0.137. The summed E-state index contributed by atoms with van der Waals surface area (Å²) in [7, 11) is 0. The standard InChI is InChI=1S/C14H20N2OS/c17-14(11-4-1-7-15-10-11)16-8-2-5-12(16)13-6-3-9-18-13/h3,6,9,11-12,15H,1-2,4-5,7-8,10H2. The Morgan fingerprint density at radius 1 is 1.39 bits per heavy atom. The van der Waals surface area contributed by atoms with E-state index in [1.54, 1.807) is 11.3 Å². The monoisotopic (exact) mass is 264 g/mol. The number of carbonyl (C=O) groups excluding carboxylic acids is 1. The van der Waals surface area contributed by atoms with Crippen LogP contribution in [0.4, 0.5) is 0 Å². The van der Waals surface area contributed by atoms with Gasteiger partial charge in [-0.2, -0.15) is 0 Å². The molecule has 2 unspecified atom stereocenters. The maximum Gasteiger partial charge on any atom is 0.227 e. The maximum absolute atomic E-state index is 12.6. The predicted octanol–water partition coefficient (Wildman–Crippen LogP) is 2.41. The zero-order chi connectivity index (χ0) is 12.4. The molecule has 0 aliphatic carbocycles. The zero-order valence-electron chi connectivity index (χ0n) is 10.6. The van der Waals surface area contributed by atoms with Gasteiger partial charge in [0.2, 0.25) is 5.91 Å². The maximum atomic E-state index is 12.6. The molecule has 2 saturated heterocycles. The minimum Gasteiger partial charge on any atom is -0.335 e. The number of piperidine rings is 1. The Kier molecular flexibility index (Phi) is 3.66. The number of rotatable bonds is 2. The number of thiophene rings is 1. The lowest BCUT2D eigenvalue weighted by Gasteiger charge is -2.30. The van der Waals surface area contributed by atoms with E-state index in [0.29, 0.717) is 11.9 Å². The van der Waals surface area contributed by atoms with Gasteiger partial charge >= 0.3 is 0 Å². The van der Waals surface area contributed by atoms with Gasteiger partial charge in [0.1, 0.15) is 0 Å². The summed E-state index contributed by atoms with van der Waals surface area (Å²) in [5, 5.41) is 5.45. The highest BCUT2D eigenvalue weighted by Gasteiger charge is 2.34. The molecule has 2 atom stereocenters. The van der Waals surface area contributed by atoms with Gasteiger partial charge in [0, 0.05) is 18.0 Å². The van der Waals surface area contributed by atoms with Crippen molar-refractivity contribution < 1.29 is 4.79 Å². The molecule has 98 valence electrons. The molecule has 0 spiro atoms. The molecule has 18 heavy (non-hydrogen) atoms. The summed E-state index contributed by atoms with van der Waals surface area (Å²) in [5.74, 6) is 0.581. The van der Waals surface area contributed by atoms with Crippen LogP contribution in [0.5, 0.6) is 0 Å². The number of nitrogens with one attached hydrogen (secondary N) is 1. The lowest BCUT2D eigenvalue weighted by Crippen LogP contribution is -2.42. The second kappa shape index (κ2) is 5.41. The van der Waals surface area contributed by atoms with Crippen LogP contribution in [0.15, 0.2) is 17.5 Å². The molecule has 0 radical (unpaired) electrons. The van der Waals surface area contributed by atoms with E-state index in [1.807, 2.05) is 0 Å². The first-order valence-corrected chi connectivity index (χ1v) is 7.79. The van der Waals surface area contributed by atoms with Crippen LogP contribution in [-0.4, -0.2) is 30.4 Å². The first kappa shape index (κ1) is 12.2. The van der Waals surface area contributed by atoms with Gasteiger partial charge in [0.25, 0.3) is 0 Å². The van der Waals surface area contributed by atoms with Crippen molar-refractivity contribution in [2.45, 2.75) is 31.7 Å². The molecule has 0 bridgehead atoms. The third kappa shape index (κ3) is 2.31. The SMILES string of the molecule is O=C(C1CCCNC1)N1CCCC1c1cccs1. The molecule has 3 nitrogen and oxygen atoms in total. The van der Waals surface area contributed by atoms with Gasteiger partial charge in [0.15, 0.2) is 0 Å². The van der Waals surface area contributed by atoms with Gasteiger partial charge in [0.05, 0.1) is 12.0 Å². The summed E-state index contributed by atoms with van der Waals surface area (Å²) in [6.45, 7) is 2.88. The third-order valence-electron chi connectivity index (χ3n) is 4.05. The van der Waals surface area contributed by atoms with E-state index in [-0.39, 0.29) is 5.92 Å². The summed E-state index contributed by atoms with van der Waals surface area (Å²) in [6.07, 6.45) is 4.47. The van der Waals surface area contributed by atoms with Gasteiger partial charge in [-0.1, -0.05) is 6.07 Å². The number of hydrogen-bond donors (Lipinski definition) is 1. The normalized spacial score (nSPS) is 28.6. The zero-order valence-corrected chi connectivity index (χ0v) is 11.4. The average Bonchev–Trinajstić information content (AvgIpc) is 3.09. The van der Waals surface area contributed by atoms with Crippen molar-refractivity contribution in [1.29, 1.82) is 0 Å². The molecule has 0 aromatic carbocycles. The molecule has 4 heteroatoms. The van der Waals surface area contributed by atoms with E-state index in [9.17, 15) is 4.79 Å². The van der Waals surface area contributed by atoms with E-state index < -0.39 is 0 Å². The van der Waals surface area contributed by atoms with E-state index in [4.69, 9.17) is 0 Å². The number of amides is 1. The molecule has 2 fully saturated rings. The summed E-state index contributed by atoms with van der Waals surface area (Å²) >= 11 is 1.78. The Morgan fingerprint density at radius 2 is 2.33 bits per heavy atom. The van der Waals surface area contributed by atoms with Gasteiger partial charge in [-0.25, -0.2) is 0 Å². The van der Waals surface area contributed by atoms with E-state index in [0.717, 1.165) is 45.3 Å². The van der Waals surface area contributed by atoms with Crippen molar-refractivity contribution in [2.24, 2.45) is 5.92 Å². The van der Waals surface area contributed by atoms with Crippen molar-refractivity contribution in [3.05, 3.63) is 22.4 Å². The molecule has 3 heterocycles. The van der Waals surface area contributed by atoms with E-state index in [2.05, 4.69) is 27.7 Å². The molecular formula is C14H20N2OS. The number of carbonyl (C=O) groups is 1. The molecular weight excluding hydrogens is 244 g/mol. The van der Waals surface area contributed by atoms with E-state index >= 15 is 0 Å². The number of likely N-dealkylation sites (tertiary alicyclic amines) is 1. The van der Waals surface area contributed by atoms with Crippen LogP contribution >= 0.6 is 11.3 Å². The molecule has 3 rings (SSSR count). The third-order valence-corrected chi connectivity index (χ3v) is 5.03. The molecule has 2 aliphatic heterocycles. The molecule has 1 amide bonds. The highest BCUT2D eigenvalue weighted by atomic mass is 32.1. The summed E-state index contributed by atoms with van der Waals surface area (Å²) in [4.78, 5) is 16.1. The van der Waals surface area contributed by atoms with Crippen molar-refractivity contribution in [3.63, 3.8) is 0 Å². The average molecular weight is 264 g/mol. The first-order valence-electron chi connectivity index (χ1n) is 6.91. The largest absolute Gasteiger partial charge is 0.335 e. The van der Waals surface area contributed by atoms with Crippen LogP contribution in [0.3, 0.4) is 0 Å². The topological polar surface area (TPSA) is 32.3 Å². The molecule has 1 aromatic rings. The lowest BCUT2D eigenvalue weighted by atomic mass is 9.97. The van der Waals surface area contributed by atoms with Gasteiger partial charge in [-0.3, -0.25) is 4.79 Å². The minimum atomic E-state index is 0.208. The Labute approximate surface area is 112 Å². The quantitative estimate of drug-likeness (QED) is 0.889. The first-order chi connectivity index (χ1) is 8.86. The minimum absolute atomic E-state index is 0.208. The van der Waals surface area contributed by atoms with Crippen molar-refractivity contribution in [2.75, 3.05) is 19.6 Å². The van der Waals surface area contributed by atoms with Crippen LogP contribution < -0.4 is 5.32 Å². The van der Waals surface area contributed by atoms with Gasteiger partial charge < -0.3 is 10.2 Å². The second-order valence-corrected chi connectivity index (χ2v) is 6.23. The summed E-state index contributed by atoms with van der Waals surface area (Å²) in [5.41, 5.74) is 0. The van der Waals surface area contributed by atoms with Crippen molar-refractivity contribution in [3.8, 4) is 0 Å². The summed E-state index contributed by atoms with van der Waals surface area (Å²) < 4.78 is 0. The van der Waals surface area contributed by atoms with E-state index in [1.165, 1.54) is 4.88 Å². The molecule has 1 N–H and O–H groups in total. The molecule has 1 aromatic heterocycles. The number of hydrogen-bond acceptors (Lipinski definition) is 3. The van der Waals surface area contributed by atoms with Crippen LogP contribution in [0.2, 0.25) is 0 Å². The Bertz CT molecular complexity index is 398. The Balaban J connectivity index is 1.72. The highest BCUT2D eigenvalue weighted by molar-refractivity contribution is 7.10. The highest BCUT2D eigenvalue weighted by Crippen LogP contribution is 2.35. The summed E-state index contributed by atoms with van der Waals surface area (Å²) in [6, 6.07) is 4.60. The Hall–Kier alpha value is -0.870. The fraction of sp³-hybridized carbons (Fsp3) is 0.643. The van der Waals surface area contributed by atoms with Crippen LogP contribution in [0.1, 0.15) is 36.6 Å². The van der Waals surface area contributed by atoms with Crippen molar-refractivity contribution >= 4 is 17.2 Å².